The molecule has 0 aliphatic carbocycles. The van der Waals surface area contributed by atoms with Crippen LogP contribution in [0.25, 0.3) is 0 Å². The van der Waals surface area contributed by atoms with E-state index in [1.165, 1.54) is 0 Å². The van der Waals surface area contributed by atoms with E-state index in [4.69, 9.17) is 0 Å². The molecule has 1 amide bonds. The van der Waals surface area contributed by atoms with Crippen LogP contribution >= 0.6 is 0 Å². The van der Waals surface area contributed by atoms with Gasteiger partial charge in [0.05, 0.1) is 0 Å². The maximum Gasteiger partial charge on any atom is 0.246 e. The Bertz CT molecular complexity index is 206. The molecule has 0 aromatic carbocycles. The van der Waals surface area contributed by atoms with Crippen LogP contribution in [0, 0.1) is 0 Å². The van der Waals surface area contributed by atoms with Gasteiger partial charge >= 0.3 is 0 Å². The van der Waals surface area contributed by atoms with E-state index in [2.05, 4.69) is 20.8 Å². The summed E-state index contributed by atoms with van der Waals surface area (Å²) >= 11 is 0. The van der Waals surface area contributed by atoms with Gasteiger partial charge in [0.2, 0.25) is 5.91 Å². The predicted molar refractivity (Wildman–Crippen MR) is 49.8 cm³/mol. The van der Waals surface area contributed by atoms with Crippen molar-refractivity contribution in [2.24, 2.45) is 0 Å². The van der Waals surface area contributed by atoms with E-state index in [1.807, 2.05) is 11.0 Å². The van der Waals surface area contributed by atoms with Crippen LogP contribution in [0.2, 0.25) is 0 Å². The van der Waals surface area contributed by atoms with Crippen molar-refractivity contribution in [3.05, 3.63) is 12.2 Å². The topological polar surface area (TPSA) is 20.3 Å². The quantitative estimate of drug-likeness (QED) is 0.615. The van der Waals surface area contributed by atoms with E-state index >= 15 is 0 Å². The molecule has 2 heteroatoms. The van der Waals surface area contributed by atoms with Gasteiger partial charge in [0, 0.05) is 12.1 Å². The summed E-state index contributed by atoms with van der Waals surface area (Å²) in [5, 5.41) is 0. The van der Waals surface area contributed by atoms with Gasteiger partial charge in [-0.1, -0.05) is 13.0 Å². The number of carbonyl (C=O) groups is 1. The molecule has 12 heavy (non-hydrogen) atoms. The Hall–Kier alpha value is -0.790. The molecule has 1 aliphatic rings. The first kappa shape index (κ1) is 9.30. The van der Waals surface area contributed by atoms with Crippen molar-refractivity contribution in [3.8, 4) is 0 Å². The third kappa shape index (κ3) is 1.68. The summed E-state index contributed by atoms with van der Waals surface area (Å²) in [6, 6.07) is 0. The molecule has 1 heterocycles. The van der Waals surface area contributed by atoms with Crippen LogP contribution in [-0.4, -0.2) is 22.9 Å². The number of hydrogen-bond donors (Lipinski definition) is 0. The minimum Gasteiger partial charge on any atom is -0.334 e. The normalized spacial score (nSPS) is 18.6. The van der Waals surface area contributed by atoms with Crippen molar-refractivity contribution in [2.45, 2.75) is 39.2 Å². The van der Waals surface area contributed by atoms with Gasteiger partial charge in [-0.15, -0.1) is 0 Å². The van der Waals surface area contributed by atoms with E-state index in [1.54, 1.807) is 6.08 Å². The Morgan fingerprint density at radius 1 is 1.58 bits per heavy atom. The zero-order chi connectivity index (χ0) is 9.19. The van der Waals surface area contributed by atoms with Crippen LogP contribution in [-0.2, 0) is 4.79 Å². The molecule has 0 N–H and O–H groups in total. The van der Waals surface area contributed by atoms with Crippen LogP contribution in [0.4, 0.5) is 0 Å². The highest BCUT2D eigenvalue weighted by Crippen LogP contribution is 2.21. The molecular weight excluding hydrogens is 150 g/mol. The number of carbonyl (C=O) groups excluding carboxylic acids is 1. The summed E-state index contributed by atoms with van der Waals surface area (Å²) in [7, 11) is 0. The fourth-order valence-corrected chi connectivity index (χ4v) is 1.38. The summed E-state index contributed by atoms with van der Waals surface area (Å²) in [6.07, 6.45) is 5.63. The maximum atomic E-state index is 11.4. The third-order valence-electron chi connectivity index (χ3n) is 2.64. The summed E-state index contributed by atoms with van der Waals surface area (Å²) in [5.41, 5.74) is 0.0157. The second-order valence-electron chi connectivity index (χ2n) is 3.85. The van der Waals surface area contributed by atoms with Gasteiger partial charge in [0.25, 0.3) is 0 Å². The zero-order valence-corrected chi connectivity index (χ0v) is 8.13. The van der Waals surface area contributed by atoms with Gasteiger partial charge in [0.1, 0.15) is 0 Å². The fraction of sp³-hybridized carbons (Fsp3) is 0.700. The van der Waals surface area contributed by atoms with E-state index in [-0.39, 0.29) is 11.4 Å². The van der Waals surface area contributed by atoms with Crippen molar-refractivity contribution in [1.82, 2.24) is 4.90 Å². The highest BCUT2D eigenvalue weighted by Gasteiger charge is 2.28. The highest BCUT2D eigenvalue weighted by molar-refractivity contribution is 5.88. The molecule has 0 aromatic heterocycles. The molecular formula is C10H17NO. The number of nitrogens with zero attached hydrogens (tertiary/aromatic N) is 1. The summed E-state index contributed by atoms with van der Waals surface area (Å²) in [4.78, 5) is 13.4. The minimum absolute atomic E-state index is 0.0157. The van der Waals surface area contributed by atoms with Gasteiger partial charge in [-0.25, -0.2) is 0 Å². The SMILES string of the molecule is CCC(C)(C)N1CCC=CC1=O. The lowest BCUT2D eigenvalue weighted by Crippen LogP contribution is -2.48. The van der Waals surface area contributed by atoms with Crippen molar-refractivity contribution in [1.29, 1.82) is 0 Å². The number of hydrogen-bond acceptors (Lipinski definition) is 1. The Morgan fingerprint density at radius 3 is 2.75 bits per heavy atom. The standard InChI is InChI=1S/C10H17NO/c1-4-10(2,3)11-8-6-5-7-9(11)12/h5,7H,4,6,8H2,1-3H3. The van der Waals surface area contributed by atoms with Crippen molar-refractivity contribution in [2.75, 3.05) is 6.54 Å². The summed E-state index contributed by atoms with van der Waals surface area (Å²) in [5.74, 6) is 0.160. The van der Waals surface area contributed by atoms with Crippen LogP contribution in [0.3, 0.4) is 0 Å². The first-order valence-electron chi connectivity index (χ1n) is 4.56. The molecule has 0 radical (unpaired) electrons. The fourth-order valence-electron chi connectivity index (χ4n) is 1.38. The summed E-state index contributed by atoms with van der Waals surface area (Å²) in [6.45, 7) is 7.22. The molecule has 0 bridgehead atoms. The van der Waals surface area contributed by atoms with Crippen LogP contribution < -0.4 is 0 Å². The lowest BCUT2D eigenvalue weighted by atomic mass is 9.97. The second-order valence-corrected chi connectivity index (χ2v) is 3.85. The van der Waals surface area contributed by atoms with Gasteiger partial charge in [-0.05, 0) is 32.8 Å². The van der Waals surface area contributed by atoms with E-state index < -0.39 is 0 Å². The highest BCUT2D eigenvalue weighted by atomic mass is 16.2. The largest absolute Gasteiger partial charge is 0.334 e. The molecule has 0 aromatic rings. The average molecular weight is 167 g/mol. The Labute approximate surface area is 74.2 Å². The van der Waals surface area contributed by atoms with Gasteiger partial charge in [-0.2, -0.15) is 0 Å². The van der Waals surface area contributed by atoms with Crippen molar-refractivity contribution < 1.29 is 4.79 Å². The van der Waals surface area contributed by atoms with Gasteiger partial charge in [-0.3, -0.25) is 4.79 Å². The van der Waals surface area contributed by atoms with E-state index in [9.17, 15) is 4.79 Å². The molecule has 0 atom stereocenters. The molecule has 2 nitrogen and oxygen atoms in total. The molecule has 68 valence electrons. The lowest BCUT2D eigenvalue weighted by Gasteiger charge is -2.38. The smallest absolute Gasteiger partial charge is 0.246 e. The molecule has 1 rings (SSSR count). The van der Waals surface area contributed by atoms with Crippen LogP contribution in [0.1, 0.15) is 33.6 Å². The van der Waals surface area contributed by atoms with E-state index in [0.717, 1.165) is 19.4 Å². The molecule has 0 unspecified atom stereocenters. The average Bonchev–Trinajstić information content (AvgIpc) is 2.05. The number of rotatable bonds is 2. The third-order valence-corrected chi connectivity index (χ3v) is 2.64. The van der Waals surface area contributed by atoms with Gasteiger partial charge < -0.3 is 4.90 Å². The molecule has 0 saturated heterocycles. The Morgan fingerprint density at radius 2 is 2.25 bits per heavy atom. The molecule has 0 saturated carbocycles. The predicted octanol–water partition coefficient (Wildman–Crippen LogP) is 1.96. The van der Waals surface area contributed by atoms with Gasteiger partial charge in [0.15, 0.2) is 0 Å². The monoisotopic (exact) mass is 167 g/mol. The first-order chi connectivity index (χ1) is 5.58. The van der Waals surface area contributed by atoms with Crippen molar-refractivity contribution >= 4 is 5.91 Å². The zero-order valence-electron chi connectivity index (χ0n) is 8.13. The Kier molecular flexibility index (Phi) is 2.55. The van der Waals surface area contributed by atoms with Crippen molar-refractivity contribution in [3.63, 3.8) is 0 Å². The lowest BCUT2D eigenvalue weighted by molar-refractivity contribution is -0.131. The van der Waals surface area contributed by atoms with E-state index in [0.29, 0.717) is 0 Å². The van der Waals surface area contributed by atoms with Crippen LogP contribution in [0.15, 0.2) is 12.2 Å². The minimum atomic E-state index is 0.0157. The van der Waals surface area contributed by atoms with Crippen LogP contribution in [0.5, 0.6) is 0 Å². The summed E-state index contributed by atoms with van der Waals surface area (Å²) < 4.78 is 0. The first-order valence-corrected chi connectivity index (χ1v) is 4.56. The Balaban J connectivity index is 2.75. The maximum absolute atomic E-state index is 11.4. The molecule has 0 fully saturated rings. The number of amides is 1. The second kappa shape index (κ2) is 3.30. The molecule has 1 aliphatic heterocycles. The molecule has 0 spiro atoms.